The lowest BCUT2D eigenvalue weighted by atomic mass is 10.1. The monoisotopic (exact) mass is 465 g/mol. The van der Waals surface area contributed by atoms with Gasteiger partial charge in [0.15, 0.2) is 0 Å². The van der Waals surface area contributed by atoms with Crippen molar-refractivity contribution in [2.45, 2.75) is 0 Å². The summed E-state index contributed by atoms with van der Waals surface area (Å²) in [6.07, 6.45) is 3.42. The first-order valence-electron chi connectivity index (χ1n) is 9.59. The Kier molecular flexibility index (Phi) is 6.04. The Morgan fingerprint density at radius 3 is 2.17 bits per heavy atom. The Bertz CT molecular complexity index is 1050. The number of rotatable bonds is 4. The van der Waals surface area contributed by atoms with Crippen LogP contribution in [-0.2, 0) is 0 Å². The van der Waals surface area contributed by atoms with Crippen molar-refractivity contribution in [3.05, 3.63) is 82.6 Å². The molecule has 0 aliphatic carbocycles. The molecule has 2 heterocycles. The van der Waals surface area contributed by atoms with Gasteiger partial charge in [0.2, 0.25) is 5.95 Å². The highest BCUT2D eigenvalue weighted by atomic mass is 79.9. The molecule has 8 heteroatoms. The van der Waals surface area contributed by atoms with Crippen LogP contribution in [0.25, 0.3) is 0 Å². The van der Waals surface area contributed by atoms with Crippen molar-refractivity contribution in [2.24, 2.45) is 0 Å². The number of amides is 2. The molecule has 1 fully saturated rings. The van der Waals surface area contributed by atoms with Gasteiger partial charge < -0.3 is 15.1 Å². The van der Waals surface area contributed by atoms with Crippen LogP contribution in [-0.4, -0.2) is 52.9 Å². The van der Waals surface area contributed by atoms with Crippen molar-refractivity contribution in [2.75, 3.05) is 36.4 Å². The minimum Gasteiger partial charge on any atom is -0.337 e. The van der Waals surface area contributed by atoms with E-state index in [1.54, 1.807) is 59.8 Å². The molecule has 1 N–H and O–H groups in total. The molecule has 7 nitrogen and oxygen atoms in total. The maximum Gasteiger partial charge on any atom is 0.256 e. The molecule has 30 heavy (non-hydrogen) atoms. The first-order chi connectivity index (χ1) is 14.6. The van der Waals surface area contributed by atoms with Crippen LogP contribution in [0.4, 0.5) is 11.6 Å². The van der Waals surface area contributed by atoms with Gasteiger partial charge in [-0.3, -0.25) is 9.59 Å². The maximum atomic E-state index is 13.2. The normalized spacial score (nSPS) is 13.8. The fourth-order valence-corrected chi connectivity index (χ4v) is 3.81. The van der Waals surface area contributed by atoms with E-state index in [0.717, 1.165) is 0 Å². The number of carbonyl (C=O) groups is 2. The van der Waals surface area contributed by atoms with Gasteiger partial charge in [-0.1, -0.05) is 24.3 Å². The number of carbonyl (C=O) groups excluding carboxylic acids is 2. The smallest absolute Gasteiger partial charge is 0.256 e. The van der Waals surface area contributed by atoms with E-state index in [1.165, 1.54) is 0 Å². The van der Waals surface area contributed by atoms with Gasteiger partial charge in [0.25, 0.3) is 11.8 Å². The first kappa shape index (κ1) is 20.0. The molecule has 1 aliphatic rings. The molecule has 152 valence electrons. The quantitative estimate of drug-likeness (QED) is 0.638. The second kappa shape index (κ2) is 9.04. The van der Waals surface area contributed by atoms with E-state index in [9.17, 15) is 9.59 Å². The van der Waals surface area contributed by atoms with Gasteiger partial charge in [-0.15, -0.1) is 0 Å². The van der Waals surface area contributed by atoms with E-state index in [-0.39, 0.29) is 11.8 Å². The van der Waals surface area contributed by atoms with Gasteiger partial charge >= 0.3 is 0 Å². The number of hydrogen-bond donors (Lipinski definition) is 1. The molecule has 4 rings (SSSR count). The summed E-state index contributed by atoms with van der Waals surface area (Å²) in [5, 5.41) is 2.88. The predicted molar refractivity (Wildman–Crippen MR) is 119 cm³/mol. The summed E-state index contributed by atoms with van der Waals surface area (Å²) < 4.78 is 0.700. The van der Waals surface area contributed by atoms with Crippen LogP contribution in [0, 0.1) is 0 Å². The van der Waals surface area contributed by atoms with E-state index in [4.69, 9.17) is 0 Å². The number of anilines is 2. The molecule has 1 saturated heterocycles. The van der Waals surface area contributed by atoms with E-state index in [2.05, 4.69) is 36.1 Å². The lowest BCUT2D eigenvalue weighted by Crippen LogP contribution is -2.49. The Balaban J connectivity index is 1.47. The van der Waals surface area contributed by atoms with Crippen molar-refractivity contribution in [3.63, 3.8) is 0 Å². The van der Waals surface area contributed by atoms with E-state index >= 15 is 0 Å². The van der Waals surface area contributed by atoms with Gasteiger partial charge in [-0.2, -0.15) is 0 Å². The van der Waals surface area contributed by atoms with Gasteiger partial charge in [0.1, 0.15) is 0 Å². The second-order valence-corrected chi connectivity index (χ2v) is 7.66. The highest BCUT2D eigenvalue weighted by Gasteiger charge is 2.25. The molecule has 0 atom stereocenters. The number of nitrogens with one attached hydrogen (secondary N) is 1. The zero-order chi connectivity index (χ0) is 20.9. The summed E-state index contributed by atoms with van der Waals surface area (Å²) in [6.45, 7) is 2.43. The van der Waals surface area contributed by atoms with Crippen molar-refractivity contribution in [1.82, 2.24) is 14.9 Å². The standard InChI is InChI=1S/C22H20BrN5O2/c23-18-8-3-1-6-16(18)20(29)26-19-9-4-2-7-17(19)21(30)27-12-14-28(15-13-27)22-24-10-5-11-25-22/h1-11H,12-15H2,(H,26,29). The Morgan fingerprint density at radius 1 is 0.833 bits per heavy atom. The van der Waals surface area contributed by atoms with Crippen LogP contribution in [0.3, 0.4) is 0 Å². The fourth-order valence-electron chi connectivity index (χ4n) is 3.35. The molecule has 0 radical (unpaired) electrons. The highest BCUT2D eigenvalue weighted by molar-refractivity contribution is 9.10. The van der Waals surface area contributed by atoms with Crippen molar-refractivity contribution >= 4 is 39.4 Å². The summed E-state index contributed by atoms with van der Waals surface area (Å²) in [5.41, 5.74) is 1.48. The number of para-hydroxylation sites is 1. The second-order valence-electron chi connectivity index (χ2n) is 6.81. The third-order valence-corrected chi connectivity index (χ3v) is 5.62. The van der Waals surface area contributed by atoms with Crippen LogP contribution in [0.2, 0.25) is 0 Å². The zero-order valence-electron chi connectivity index (χ0n) is 16.2. The molecular weight excluding hydrogens is 446 g/mol. The molecule has 0 saturated carbocycles. The Hall–Kier alpha value is -3.26. The lowest BCUT2D eigenvalue weighted by molar-refractivity contribution is 0.0747. The van der Waals surface area contributed by atoms with Gasteiger partial charge in [-0.05, 0) is 46.3 Å². The molecule has 3 aromatic rings. The summed E-state index contributed by atoms with van der Waals surface area (Å²) in [5.74, 6) is 0.297. The van der Waals surface area contributed by atoms with E-state index in [0.29, 0.717) is 53.4 Å². The van der Waals surface area contributed by atoms with Crippen molar-refractivity contribution in [3.8, 4) is 0 Å². The number of nitrogens with zero attached hydrogens (tertiary/aromatic N) is 4. The zero-order valence-corrected chi connectivity index (χ0v) is 17.7. The average molecular weight is 466 g/mol. The number of hydrogen-bond acceptors (Lipinski definition) is 5. The summed E-state index contributed by atoms with van der Waals surface area (Å²) in [6, 6.07) is 16.1. The fraction of sp³-hybridized carbons (Fsp3) is 0.182. The van der Waals surface area contributed by atoms with Gasteiger partial charge in [0.05, 0.1) is 16.8 Å². The molecule has 2 aromatic carbocycles. The van der Waals surface area contributed by atoms with Crippen LogP contribution >= 0.6 is 15.9 Å². The Labute approximate surface area is 182 Å². The minimum atomic E-state index is -0.270. The van der Waals surface area contributed by atoms with E-state index < -0.39 is 0 Å². The number of benzene rings is 2. The van der Waals surface area contributed by atoms with Crippen LogP contribution in [0.1, 0.15) is 20.7 Å². The summed E-state index contributed by atoms with van der Waals surface area (Å²) in [4.78, 5) is 38.3. The molecule has 1 aromatic heterocycles. The molecule has 0 unspecified atom stereocenters. The number of aromatic nitrogens is 2. The third-order valence-electron chi connectivity index (χ3n) is 4.93. The third kappa shape index (κ3) is 4.33. The van der Waals surface area contributed by atoms with Gasteiger partial charge in [0, 0.05) is 43.0 Å². The first-order valence-corrected chi connectivity index (χ1v) is 10.4. The summed E-state index contributed by atoms with van der Waals surface area (Å²) in [7, 11) is 0. The number of piperazine rings is 1. The largest absolute Gasteiger partial charge is 0.337 e. The molecule has 2 amide bonds. The molecule has 1 aliphatic heterocycles. The van der Waals surface area contributed by atoms with Crippen LogP contribution < -0.4 is 10.2 Å². The average Bonchev–Trinajstić information content (AvgIpc) is 2.80. The van der Waals surface area contributed by atoms with Crippen LogP contribution in [0.15, 0.2) is 71.5 Å². The maximum absolute atomic E-state index is 13.2. The SMILES string of the molecule is O=C(Nc1ccccc1C(=O)N1CCN(c2ncccn2)CC1)c1ccccc1Br. The topological polar surface area (TPSA) is 78.4 Å². The Morgan fingerprint density at radius 2 is 1.47 bits per heavy atom. The predicted octanol–water partition coefficient (Wildman–Crippen LogP) is 3.45. The van der Waals surface area contributed by atoms with Gasteiger partial charge in [-0.25, -0.2) is 9.97 Å². The molecule has 0 spiro atoms. The minimum absolute atomic E-state index is 0.105. The van der Waals surface area contributed by atoms with Crippen LogP contribution in [0.5, 0.6) is 0 Å². The molecule has 0 bridgehead atoms. The van der Waals surface area contributed by atoms with Crippen molar-refractivity contribution in [1.29, 1.82) is 0 Å². The van der Waals surface area contributed by atoms with Crippen molar-refractivity contribution < 1.29 is 9.59 Å². The summed E-state index contributed by atoms with van der Waals surface area (Å²) >= 11 is 3.39. The number of halogens is 1. The van der Waals surface area contributed by atoms with E-state index in [1.807, 2.05) is 12.1 Å². The highest BCUT2D eigenvalue weighted by Crippen LogP contribution is 2.22. The lowest BCUT2D eigenvalue weighted by Gasteiger charge is -2.35. The molecular formula is C22H20BrN5O2.